The summed E-state index contributed by atoms with van der Waals surface area (Å²) in [4.78, 5) is 0. The van der Waals surface area contributed by atoms with Crippen LogP contribution in [0.4, 0.5) is 0 Å². The lowest BCUT2D eigenvalue weighted by Gasteiger charge is -2.31. The molecule has 5 rings (SSSR count). The zero-order chi connectivity index (χ0) is 22.0. The molecular weight excluding hydrogens is 378 g/mol. The Balaban J connectivity index is 1.77. The van der Waals surface area contributed by atoms with Gasteiger partial charge in [-0.15, -0.1) is 0 Å². The van der Waals surface area contributed by atoms with Gasteiger partial charge in [0.25, 0.3) is 0 Å². The molecule has 158 valence electrons. The van der Waals surface area contributed by atoms with E-state index in [-0.39, 0.29) is 17.1 Å². The quantitative estimate of drug-likeness (QED) is 0.312. The first-order chi connectivity index (χ1) is 14.6. The molecule has 1 aliphatic rings. The van der Waals surface area contributed by atoms with E-state index in [2.05, 4.69) is 119 Å². The van der Waals surface area contributed by atoms with E-state index in [9.17, 15) is 0 Å². The molecule has 0 N–H and O–H groups in total. The van der Waals surface area contributed by atoms with Crippen LogP contribution in [0.5, 0.6) is 5.75 Å². The van der Waals surface area contributed by atoms with E-state index in [4.69, 9.17) is 4.74 Å². The third kappa shape index (κ3) is 3.35. The second-order valence-corrected chi connectivity index (χ2v) is 10.8. The lowest BCUT2D eigenvalue weighted by molar-refractivity contribution is 0.173. The van der Waals surface area contributed by atoms with Gasteiger partial charge in [-0.2, -0.15) is 0 Å². The molecule has 0 spiro atoms. The minimum Gasteiger partial charge on any atom is -0.465 e. The van der Waals surface area contributed by atoms with E-state index in [1.54, 1.807) is 0 Å². The number of benzene rings is 3. The fourth-order valence-electron chi connectivity index (χ4n) is 4.47. The van der Waals surface area contributed by atoms with Crippen molar-refractivity contribution in [2.45, 2.75) is 58.6 Å². The highest BCUT2D eigenvalue weighted by molar-refractivity contribution is 5.90. The fraction of sp³-hybridized carbons (Fsp3) is 0.310. The molecule has 3 aromatic carbocycles. The standard InChI is InChI=1S/C29H31NO/c1-28(2,3)21-13-15-24-20(16-21)17-25-23-14-12-22(29(4,5)6)18-26(23)31-27(30(24)25)19-10-8-7-9-11-19/h7-18,27H,1-6H3. The molecule has 2 nitrogen and oxygen atoms in total. The summed E-state index contributed by atoms with van der Waals surface area (Å²) in [7, 11) is 0. The van der Waals surface area contributed by atoms with Crippen LogP contribution < -0.4 is 4.74 Å². The molecule has 1 unspecified atom stereocenters. The predicted octanol–water partition coefficient (Wildman–Crippen LogP) is 7.84. The Labute approximate surface area is 185 Å². The van der Waals surface area contributed by atoms with Gasteiger partial charge in [0.15, 0.2) is 0 Å². The topological polar surface area (TPSA) is 14.2 Å². The average molecular weight is 410 g/mol. The highest BCUT2D eigenvalue weighted by Gasteiger charge is 2.30. The lowest BCUT2D eigenvalue weighted by Crippen LogP contribution is -2.23. The first kappa shape index (κ1) is 19.9. The van der Waals surface area contributed by atoms with Crippen molar-refractivity contribution in [2.24, 2.45) is 0 Å². The Morgan fingerprint density at radius 3 is 2.03 bits per heavy atom. The van der Waals surface area contributed by atoms with Crippen LogP contribution in [0.2, 0.25) is 0 Å². The molecule has 2 heteroatoms. The zero-order valence-corrected chi connectivity index (χ0v) is 19.4. The van der Waals surface area contributed by atoms with E-state index in [1.165, 1.54) is 27.7 Å². The van der Waals surface area contributed by atoms with E-state index in [0.29, 0.717) is 0 Å². The van der Waals surface area contributed by atoms with Crippen molar-refractivity contribution in [3.63, 3.8) is 0 Å². The fourth-order valence-corrected chi connectivity index (χ4v) is 4.47. The minimum absolute atomic E-state index is 0.0758. The first-order valence-electron chi connectivity index (χ1n) is 11.1. The molecule has 0 aliphatic carbocycles. The number of ether oxygens (including phenoxy) is 1. The van der Waals surface area contributed by atoms with Gasteiger partial charge >= 0.3 is 0 Å². The van der Waals surface area contributed by atoms with Crippen LogP contribution >= 0.6 is 0 Å². The maximum Gasteiger partial charge on any atom is 0.203 e. The van der Waals surface area contributed by atoms with Gasteiger partial charge in [0.05, 0.1) is 11.2 Å². The number of rotatable bonds is 1. The smallest absolute Gasteiger partial charge is 0.203 e. The van der Waals surface area contributed by atoms with E-state index in [0.717, 1.165) is 16.9 Å². The average Bonchev–Trinajstić information content (AvgIpc) is 3.11. The van der Waals surface area contributed by atoms with Crippen molar-refractivity contribution in [3.8, 4) is 17.0 Å². The van der Waals surface area contributed by atoms with Gasteiger partial charge in [-0.1, -0.05) is 84.0 Å². The van der Waals surface area contributed by atoms with E-state index >= 15 is 0 Å². The molecule has 1 aliphatic heterocycles. The van der Waals surface area contributed by atoms with Crippen LogP contribution in [-0.4, -0.2) is 4.57 Å². The van der Waals surface area contributed by atoms with Gasteiger partial charge < -0.3 is 9.30 Å². The summed E-state index contributed by atoms with van der Waals surface area (Å²) in [6.07, 6.45) is -0.183. The van der Waals surface area contributed by atoms with Crippen LogP contribution in [-0.2, 0) is 10.8 Å². The maximum absolute atomic E-state index is 6.71. The van der Waals surface area contributed by atoms with Gasteiger partial charge in [0.1, 0.15) is 5.75 Å². The molecule has 0 saturated heterocycles. The SMILES string of the molecule is CC(C)(C)c1ccc2c(c1)OC(c1ccccc1)n1c-2cc2cc(C(C)(C)C)ccc21. The molecule has 1 atom stereocenters. The van der Waals surface area contributed by atoms with Crippen molar-refractivity contribution < 1.29 is 4.74 Å². The number of fused-ring (bicyclic) bond motifs is 5. The highest BCUT2D eigenvalue weighted by Crippen LogP contribution is 2.45. The van der Waals surface area contributed by atoms with E-state index < -0.39 is 0 Å². The number of aromatic nitrogens is 1. The Morgan fingerprint density at radius 2 is 1.35 bits per heavy atom. The molecule has 0 radical (unpaired) electrons. The van der Waals surface area contributed by atoms with Crippen molar-refractivity contribution in [2.75, 3.05) is 0 Å². The van der Waals surface area contributed by atoms with Gasteiger partial charge in [0, 0.05) is 16.5 Å². The van der Waals surface area contributed by atoms with E-state index in [1.807, 2.05) is 0 Å². The summed E-state index contributed by atoms with van der Waals surface area (Å²) in [5, 5.41) is 1.26. The minimum atomic E-state index is -0.183. The van der Waals surface area contributed by atoms with Crippen LogP contribution in [0, 0.1) is 0 Å². The third-order valence-electron chi connectivity index (χ3n) is 6.39. The van der Waals surface area contributed by atoms with Crippen molar-refractivity contribution in [1.82, 2.24) is 4.57 Å². The second kappa shape index (κ2) is 6.75. The Bertz CT molecular complexity index is 1270. The number of hydrogen-bond acceptors (Lipinski definition) is 1. The summed E-state index contributed by atoms with van der Waals surface area (Å²) < 4.78 is 9.06. The van der Waals surface area contributed by atoms with Crippen molar-refractivity contribution in [1.29, 1.82) is 0 Å². The summed E-state index contributed by atoms with van der Waals surface area (Å²) in [6, 6.07) is 26.4. The Hall–Kier alpha value is -3.00. The molecule has 4 aromatic rings. The molecule has 2 heterocycles. The normalized spacial score (nSPS) is 16.0. The Kier molecular flexibility index (Phi) is 4.34. The highest BCUT2D eigenvalue weighted by atomic mass is 16.5. The Morgan fingerprint density at radius 1 is 0.710 bits per heavy atom. The second-order valence-electron chi connectivity index (χ2n) is 10.8. The molecule has 0 fully saturated rings. The van der Waals surface area contributed by atoms with Gasteiger partial charge in [-0.25, -0.2) is 0 Å². The number of hydrogen-bond donors (Lipinski definition) is 0. The monoisotopic (exact) mass is 409 g/mol. The zero-order valence-electron chi connectivity index (χ0n) is 19.4. The van der Waals surface area contributed by atoms with Gasteiger partial charge in [0.2, 0.25) is 6.23 Å². The van der Waals surface area contributed by atoms with Crippen LogP contribution in [0.1, 0.15) is 64.5 Å². The molecule has 0 bridgehead atoms. The first-order valence-corrected chi connectivity index (χ1v) is 11.1. The van der Waals surface area contributed by atoms with Crippen molar-refractivity contribution >= 4 is 10.9 Å². The van der Waals surface area contributed by atoms with Gasteiger partial charge in [-0.3, -0.25) is 0 Å². The van der Waals surface area contributed by atoms with Crippen LogP contribution in [0.3, 0.4) is 0 Å². The molecular formula is C29H31NO. The largest absolute Gasteiger partial charge is 0.465 e. The molecule has 0 amide bonds. The maximum atomic E-state index is 6.71. The van der Waals surface area contributed by atoms with Crippen LogP contribution in [0.15, 0.2) is 72.8 Å². The van der Waals surface area contributed by atoms with Crippen molar-refractivity contribution in [3.05, 3.63) is 89.5 Å². The summed E-state index contributed by atoms with van der Waals surface area (Å²) >= 11 is 0. The summed E-state index contributed by atoms with van der Waals surface area (Å²) in [6.45, 7) is 13.5. The molecule has 1 aromatic heterocycles. The molecule has 31 heavy (non-hydrogen) atoms. The molecule has 0 saturated carbocycles. The number of nitrogens with zero attached hydrogens (tertiary/aromatic N) is 1. The summed E-state index contributed by atoms with van der Waals surface area (Å²) in [5.41, 5.74) is 7.58. The van der Waals surface area contributed by atoms with Crippen LogP contribution in [0.25, 0.3) is 22.2 Å². The third-order valence-corrected chi connectivity index (χ3v) is 6.39. The lowest BCUT2D eigenvalue weighted by atomic mass is 9.86. The summed E-state index contributed by atoms with van der Waals surface area (Å²) in [5.74, 6) is 0.965. The van der Waals surface area contributed by atoms with Gasteiger partial charge in [-0.05, 0) is 52.3 Å². The predicted molar refractivity (Wildman–Crippen MR) is 130 cm³/mol.